The van der Waals surface area contributed by atoms with Gasteiger partial charge in [0.2, 0.25) is 5.91 Å². The van der Waals surface area contributed by atoms with E-state index in [0.29, 0.717) is 10.9 Å². The molecule has 3 aromatic carbocycles. The molecule has 0 saturated heterocycles. The molecule has 0 aliphatic heterocycles. The molecule has 5 nitrogen and oxygen atoms in total. The summed E-state index contributed by atoms with van der Waals surface area (Å²) in [6, 6.07) is 24.5. The molecule has 33 heavy (non-hydrogen) atoms. The van der Waals surface area contributed by atoms with Crippen molar-refractivity contribution in [2.24, 2.45) is 0 Å². The van der Waals surface area contributed by atoms with Gasteiger partial charge < -0.3 is 5.32 Å². The summed E-state index contributed by atoms with van der Waals surface area (Å²) in [5, 5.41) is 12.6. The number of carbonyl (C=O) groups excluding carboxylic acids is 1. The van der Waals surface area contributed by atoms with Gasteiger partial charge in [-0.3, -0.25) is 9.36 Å². The van der Waals surface area contributed by atoms with Crippen LogP contribution in [0.2, 0.25) is 0 Å². The third-order valence-corrected chi connectivity index (χ3v) is 7.02. The number of carbonyl (C=O) groups is 1. The van der Waals surface area contributed by atoms with Gasteiger partial charge in [-0.25, -0.2) is 0 Å². The number of rotatable bonds is 8. The summed E-state index contributed by atoms with van der Waals surface area (Å²) in [5.74, 6) is 1.72. The normalized spacial score (nSPS) is 10.9. The van der Waals surface area contributed by atoms with E-state index >= 15 is 0 Å². The number of nitrogens with one attached hydrogen (secondary N) is 1. The molecule has 1 heterocycles. The number of nitrogens with zero attached hydrogens (tertiary/aromatic N) is 3. The zero-order chi connectivity index (χ0) is 23.2. The molecule has 0 saturated carbocycles. The maximum absolute atomic E-state index is 12.6. The molecule has 0 radical (unpaired) electrons. The second-order valence-electron chi connectivity index (χ2n) is 7.83. The van der Waals surface area contributed by atoms with Gasteiger partial charge in [0.15, 0.2) is 5.16 Å². The zero-order valence-corrected chi connectivity index (χ0v) is 20.5. The Morgan fingerprint density at radius 1 is 0.879 bits per heavy atom. The first-order valence-corrected chi connectivity index (χ1v) is 12.7. The molecule has 0 fully saturated rings. The van der Waals surface area contributed by atoms with E-state index in [1.165, 1.54) is 27.8 Å². The molecule has 0 bridgehead atoms. The Morgan fingerprint density at radius 2 is 1.67 bits per heavy atom. The van der Waals surface area contributed by atoms with Crippen molar-refractivity contribution < 1.29 is 4.79 Å². The topological polar surface area (TPSA) is 59.8 Å². The lowest BCUT2D eigenvalue weighted by molar-refractivity contribution is -0.113. The fourth-order valence-electron chi connectivity index (χ4n) is 3.32. The Labute approximate surface area is 203 Å². The Morgan fingerprint density at radius 3 is 2.42 bits per heavy atom. The van der Waals surface area contributed by atoms with Gasteiger partial charge in [-0.05, 0) is 56.7 Å². The molecule has 1 N–H and O–H groups in total. The van der Waals surface area contributed by atoms with E-state index in [-0.39, 0.29) is 11.7 Å². The van der Waals surface area contributed by atoms with Crippen LogP contribution in [-0.4, -0.2) is 26.4 Å². The molecule has 0 aliphatic rings. The smallest absolute Gasteiger partial charge is 0.234 e. The van der Waals surface area contributed by atoms with Crippen LogP contribution in [0, 0.1) is 20.8 Å². The molecule has 168 valence electrons. The molecular weight excluding hydrogens is 448 g/mol. The predicted octanol–water partition coefficient (Wildman–Crippen LogP) is 6.22. The Balaban J connectivity index is 1.52. The number of thioether (sulfide) groups is 2. The molecule has 0 aliphatic carbocycles. The minimum atomic E-state index is -0.0663. The lowest BCUT2D eigenvalue weighted by atomic mass is 10.2. The maximum atomic E-state index is 12.6. The molecule has 0 atom stereocenters. The largest absolute Gasteiger partial charge is 0.325 e. The van der Waals surface area contributed by atoms with Crippen LogP contribution >= 0.6 is 23.5 Å². The third kappa shape index (κ3) is 6.06. The second kappa shape index (κ2) is 10.7. The summed E-state index contributed by atoms with van der Waals surface area (Å²) < 4.78 is 2.05. The highest BCUT2D eigenvalue weighted by Gasteiger charge is 2.16. The number of aryl methyl sites for hydroxylation is 3. The number of para-hydroxylation sites is 1. The highest BCUT2D eigenvalue weighted by atomic mass is 32.2. The minimum absolute atomic E-state index is 0.0663. The van der Waals surface area contributed by atoms with Crippen LogP contribution in [0.5, 0.6) is 0 Å². The van der Waals surface area contributed by atoms with Crippen molar-refractivity contribution in [3.63, 3.8) is 0 Å². The van der Waals surface area contributed by atoms with Crippen LogP contribution in [-0.2, 0) is 10.5 Å². The molecule has 0 spiro atoms. The molecule has 4 rings (SSSR count). The van der Waals surface area contributed by atoms with Gasteiger partial charge in [0, 0.05) is 16.3 Å². The van der Waals surface area contributed by atoms with Crippen LogP contribution in [0.4, 0.5) is 5.69 Å². The lowest BCUT2D eigenvalue weighted by Crippen LogP contribution is -2.15. The molecule has 1 amide bonds. The van der Waals surface area contributed by atoms with E-state index in [4.69, 9.17) is 0 Å². The average Bonchev–Trinajstić information content (AvgIpc) is 3.21. The average molecular weight is 475 g/mol. The first-order valence-electron chi connectivity index (χ1n) is 10.7. The number of hydrogen-bond acceptors (Lipinski definition) is 5. The van der Waals surface area contributed by atoms with Gasteiger partial charge in [0.25, 0.3) is 0 Å². The molecule has 4 aromatic rings. The lowest BCUT2D eigenvalue weighted by Gasteiger charge is -2.11. The first-order chi connectivity index (χ1) is 16.0. The van der Waals surface area contributed by atoms with Gasteiger partial charge in [-0.15, -0.1) is 22.0 Å². The molecular formula is C26H26N4OS2. The van der Waals surface area contributed by atoms with Crippen molar-refractivity contribution in [3.05, 3.63) is 95.3 Å². The Bertz CT molecular complexity index is 1250. The number of benzene rings is 3. The minimum Gasteiger partial charge on any atom is -0.325 e. The van der Waals surface area contributed by atoms with Crippen LogP contribution in [0.1, 0.15) is 22.5 Å². The monoisotopic (exact) mass is 474 g/mol. The maximum Gasteiger partial charge on any atom is 0.234 e. The number of aromatic nitrogens is 3. The fourth-order valence-corrected chi connectivity index (χ4v) is 5.02. The van der Waals surface area contributed by atoms with Crippen molar-refractivity contribution in [3.8, 4) is 5.69 Å². The van der Waals surface area contributed by atoms with E-state index in [1.807, 2.05) is 35.8 Å². The summed E-state index contributed by atoms with van der Waals surface area (Å²) in [6.07, 6.45) is 0. The standard InChI is InChI=1S/C26H26N4OS2/c1-18-11-13-21(14-12-18)30-24(16-32-22-9-6-7-19(2)15-22)28-29-26(30)33-17-25(31)27-23-10-5-4-8-20(23)3/h4-15H,16-17H2,1-3H3,(H,27,31). The Kier molecular flexibility index (Phi) is 7.52. The quantitative estimate of drug-likeness (QED) is 0.307. The molecule has 7 heteroatoms. The fraction of sp³-hybridized carbons (Fsp3) is 0.192. The summed E-state index contributed by atoms with van der Waals surface area (Å²) in [5.41, 5.74) is 5.28. The highest BCUT2D eigenvalue weighted by molar-refractivity contribution is 7.99. The van der Waals surface area contributed by atoms with Crippen LogP contribution < -0.4 is 5.32 Å². The van der Waals surface area contributed by atoms with Gasteiger partial charge in [-0.1, -0.05) is 65.4 Å². The van der Waals surface area contributed by atoms with Crippen molar-refractivity contribution in [2.75, 3.05) is 11.1 Å². The zero-order valence-electron chi connectivity index (χ0n) is 18.9. The van der Waals surface area contributed by atoms with Gasteiger partial charge in [-0.2, -0.15) is 0 Å². The van der Waals surface area contributed by atoms with Crippen LogP contribution in [0.15, 0.2) is 82.8 Å². The van der Waals surface area contributed by atoms with E-state index in [1.54, 1.807) is 11.8 Å². The summed E-state index contributed by atoms with van der Waals surface area (Å²) in [6.45, 7) is 6.14. The number of anilines is 1. The van der Waals surface area contributed by atoms with Gasteiger partial charge in [0.05, 0.1) is 11.5 Å². The summed E-state index contributed by atoms with van der Waals surface area (Å²) in [4.78, 5) is 13.8. The first kappa shape index (κ1) is 23.1. The van der Waals surface area contributed by atoms with E-state index in [2.05, 4.69) is 77.9 Å². The summed E-state index contributed by atoms with van der Waals surface area (Å²) >= 11 is 3.12. The van der Waals surface area contributed by atoms with E-state index < -0.39 is 0 Å². The number of hydrogen-bond donors (Lipinski definition) is 1. The van der Waals surface area contributed by atoms with Gasteiger partial charge >= 0.3 is 0 Å². The van der Waals surface area contributed by atoms with Crippen LogP contribution in [0.25, 0.3) is 5.69 Å². The van der Waals surface area contributed by atoms with Crippen molar-refractivity contribution in [2.45, 2.75) is 36.6 Å². The second-order valence-corrected chi connectivity index (χ2v) is 9.82. The Hall–Kier alpha value is -3.03. The van der Waals surface area contributed by atoms with E-state index in [0.717, 1.165) is 22.8 Å². The SMILES string of the molecule is Cc1ccc(-n2c(CSc3cccc(C)c3)nnc2SCC(=O)Nc2ccccc2C)cc1. The van der Waals surface area contributed by atoms with Crippen molar-refractivity contribution in [1.29, 1.82) is 0 Å². The molecule has 1 aromatic heterocycles. The molecule has 0 unspecified atom stereocenters. The van der Waals surface area contributed by atoms with E-state index in [9.17, 15) is 4.79 Å². The van der Waals surface area contributed by atoms with Crippen molar-refractivity contribution >= 4 is 35.1 Å². The predicted molar refractivity (Wildman–Crippen MR) is 137 cm³/mol. The number of amides is 1. The highest BCUT2D eigenvalue weighted by Crippen LogP contribution is 2.28. The van der Waals surface area contributed by atoms with Crippen LogP contribution in [0.3, 0.4) is 0 Å². The third-order valence-electron chi connectivity index (χ3n) is 5.10. The van der Waals surface area contributed by atoms with Gasteiger partial charge in [0.1, 0.15) is 5.82 Å². The summed E-state index contributed by atoms with van der Waals surface area (Å²) in [7, 11) is 0. The van der Waals surface area contributed by atoms with Crippen molar-refractivity contribution in [1.82, 2.24) is 14.8 Å².